The van der Waals surface area contributed by atoms with Crippen LogP contribution in [0.1, 0.15) is 46.5 Å². The zero-order chi connectivity index (χ0) is 10.9. The topological polar surface area (TPSA) is 12.0 Å². The summed E-state index contributed by atoms with van der Waals surface area (Å²) in [5.74, 6) is 3.34. The summed E-state index contributed by atoms with van der Waals surface area (Å²) in [5.41, 5.74) is 0. The molecule has 0 aromatic carbocycles. The van der Waals surface area contributed by atoms with E-state index in [4.69, 9.17) is 0 Å². The lowest BCUT2D eigenvalue weighted by Crippen LogP contribution is -2.35. The average Bonchev–Trinajstić information content (AvgIpc) is 2.98. The van der Waals surface area contributed by atoms with Crippen LogP contribution < -0.4 is 5.32 Å². The summed E-state index contributed by atoms with van der Waals surface area (Å²) in [5, 5.41) is 3.80. The third-order valence-electron chi connectivity index (χ3n) is 3.28. The highest BCUT2D eigenvalue weighted by Gasteiger charge is 2.40. The highest BCUT2D eigenvalue weighted by molar-refractivity contribution is 8.00. The Morgan fingerprint density at radius 3 is 2.07 bits per heavy atom. The Morgan fingerprint density at radius 2 is 1.67 bits per heavy atom. The van der Waals surface area contributed by atoms with E-state index >= 15 is 0 Å². The molecule has 2 aliphatic rings. The molecule has 2 heteroatoms. The van der Waals surface area contributed by atoms with Crippen molar-refractivity contribution >= 4 is 11.8 Å². The second-order valence-corrected chi connectivity index (χ2v) is 8.04. The molecule has 2 saturated carbocycles. The van der Waals surface area contributed by atoms with Crippen LogP contribution in [0.5, 0.6) is 0 Å². The molecule has 0 radical (unpaired) electrons. The fourth-order valence-corrected chi connectivity index (χ4v) is 3.04. The number of thioether (sulfide) groups is 1. The molecule has 88 valence electrons. The third kappa shape index (κ3) is 4.36. The molecular weight excluding hydrogens is 202 g/mol. The van der Waals surface area contributed by atoms with E-state index in [1.165, 1.54) is 38.0 Å². The van der Waals surface area contributed by atoms with Crippen LogP contribution in [0.25, 0.3) is 0 Å². The first-order valence-electron chi connectivity index (χ1n) is 6.43. The van der Waals surface area contributed by atoms with Gasteiger partial charge in [-0.3, -0.25) is 0 Å². The van der Waals surface area contributed by atoms with Gasteiger partial charge >= 0.3 is 0 Å². The molecule has 0 bridgehead atoms. The Labute approximate surface area is 98.8 Å². The Morgan fingerprint density at radius 1 is 1.13 bits per heavy atom. The summed E-state index contributed by atoms with van der Waals surface area (Å²) in [4.78, 5) is 0. The highest BCUT2D eigenvalue weighted by Crippen LogP contribution is 2.44. The van der Waals surface area contributed by atoms with E-state index in [1.807, 2.05) is 0 Å². The molecule has 0 heterocycles. The third-order valence-corrected chi connectivity index (χ3v) is 4.55. The van der Waals surface area contributed by atoms with Crippen LogP contribution in [0, 0.1) is 11.8 Å². The SMILES string of the molecule is CC(C)(C)SCCNC(C1CC1)C1CC1. The van der Waals surface area contributed by atoms with Crippen molar-refractivity contribution in [3.05, 3.63) is 0 Å². The van der Waals surface area contributed by atoms with Gasteiger partial charge in [0, 0.05) is 23.1 Å². The molecule has 1 N–H and O–H groups in total. The van der Waals surface area contributed by atoms with Crippen LogP contribution in [-0.4, -0.2) is 23.1 Å². The number of hydrogen-bond acceptors (Lipinski definition) is 2. The van der Waals surface area contributed by atoms with Crippen LogP contribution in [0.15, 0.2) is 0 Å². The number of hydrogen-bond donors (Lipinski definition) is 1. The zero-order valence-electron chi connectivity index (χ0n) is 10.4. The second kappa shape index (κ2) is 4.67. The van der Waals surface area contributed by atoms with Crippen LogP contribution in [0.4, 0.5) is 0 Å². The van der Waals surface area contributed by atoms with Gasteiger partial charge in [0.25, 0.3) is 0 Å². The molecule has 2 fully saturated rings. The molecule has 0 aromatic rings. The molecule has 0 amide bonds. The van der Waals surface area contributed by atoms with Gasteiger partial charge in [0.2, 0.25) is 0 Å². The van der Waals surface area contributed by atoms with Gasteiger partial charge in [-0.1, -0.05) is 20.8 Å². The Kier molecular flexibility index (Phi) is 3.67. The van der Waals surface area contributed by atoms with E-state index in [9.17, 15) is 0 Å². The van der Waals surface area contributed by atoms with Crippen molar-refractivity contribution in [3.8, 4) is 0 Å². The largest absolute Gasteiger partial charge is 0.313 e. The predicted octanol–water partition coefficient (Wildman–Crippen LogP) is 3.30. The van der Waals surface area contributed by atoms with Crippen LogP contribution >= 0.6 is 11.8 Å². The molecule has 15 heavy (non-hydrogen) atoms. The van der Waals surface area contributed by atoms with E-state index < -0.39 is 0 Å². The van der Waals surface area contributed by atoms with E-state index in [1.54, 1.807) is 0 Å². The minimum absolute atomic E-state index is 0.427. The first-order chi connectivity index (χ1) is 7.06. The zero-order valence-corrected chi connectivity index (χ0v) is 11.2. The molecule has 0 spiro atoms. The maximum absolute atomic E-state index is 3.80. The van der Waals surface area contributed by atoms with Crippen molar-refractivity contribution in [2.24, 2.45) is 11.8 Å². The molecule has 1 nitrogen and oxygen atoms in total. The van der Waals surface area contributed by atoms with Crippen LogP contribution in [-0.2, 0) is 0 Å². The smallest absolute Gasteiger partial charge is 0.0124 e. The van der Waals surface area contributed by atoms with Crippen molar-refractivity contribution in [1.82, 2.24) is 5.32 Å². The predicted molar refractivity (Wildman–Crippen MR) is 69.4 cm³/mol. The van der Waals surface area contributed by atoms with E-state index in [2.05, 4.69) is 37.8 Å². The monoisotopic (exact) mass is 227 g/mol. The van der Waals surface area contributed by atoms with E-state index in [0.29, 0.717) is 4.75 Å². The molecule has 0 aliphatic heterocycles. The summed E-state index contributed by atoms with van der Waals surface area (Å²) in [6, 6.07) is 0.880. The normalized spacial score (nSPS) is 22.4. The summed E-state index contributed by atoms with van der Waals surface area (Å²) < 4.78 is 0.427. The summed E-state index contributed by atoms with van der Waals surface area (Å²) in [6.07, 6.45) is 5.95. The maximum Gasteiger partial charge on any atom is 0.0124 e. The first-order valence-corrected chi connectivity index (χ1v) is 7.42. The minimum atomic E-state index is 0.427. The van der Waals surface area contributed by atoms with Crippen molar-refractivity contribution in [2.45, 2.75) is 57.2 Å². The van der Waals surface area contributed by atoms with Gasteiger partial charge in [0.05, 0.1) is 0 Å². The van der Waals surface area contributed by atoms with Crippen molar-refractivity contribution in [1.29, 1.82) is 0 Å². The second-order valence-electron chi connectivity index (χ2n) is 6.12. The van der Waals surface area contributed by atoms with Gasteiger partial charge in [-0.15, -0.1) is 0 Å². The first kappa shape index (κ1) is 11.8. The Hall–Kier alpha value is 0.310. The minimum Gasteiger partial charge on any atom is -0.313 e. The van der Waals surface area contributed by atoms with Gasteiger partial charge in [0.15, 0.2) is 0 Å². The van der Waals surface area contributed by atoms with Crippen molar-refractivity contribution < 1.29 is 0 Å². The Balaban J connectivity index is 1.59. The highest BCUT2D eigenvalue weighted by atomic mass is 32.2. The maximum atomic E-state index is 3.80. The van der Waals surface area contributed by atoms with Crippen molar-refractivity contribution in [2.75, 3.05) is 12.3 Å². The fourth-order valence-electron chi connectivity index (χ4n) is 2.21. The molecule has 0 aromatic heterocycles. The number of nitrogens with one attached hydrogen (secondary N) is 1. The van der Waals surface area contributed by atoms with Gasteiger partial charge in [-0.25, -0.2) is 0 Å². The molecule has 0 saturated heterocycles. The molecule has 0 unspecified atom stereocenters. The molecule has 0 atom stereocenters. The summed E-state index contributed by atoms with van der Waals surface area (Å²) in [7, 11) is 0. The summed E-state index contributed by atoms with van der Waals surface area (Å²) >= 11 is 2.08. The quantitative estimate of drug-likeness (QED) is 0.699. The standard InChI is InChI=1S/C13H25NS/c1-13(2,3)15-9-8-14-12(10-4-5-10)11-6-7-11/h10-12,14H,4-9H2,1-3H3. The van der Waals surface area contributed by atoms with Gasteiger partial charge in [-0.2, -0.15) is 11.8 Å². The molecule has 2 aliphatic carbocycles. The van der Waals surface area contributed by atoms with Gasteiger partial charge in [-0.05, 0) is 37.5 Å². The molecule has 2 rings (SSSR count). The van der Waals surface area contributed by atoms with Crippen molar-refractivity contribution in [3.63, 3.8) is 0 Å². The average molecular weight is 227 g/mol. The lowest BCUT2D eigenvalue weighted by atomic mass is 10.1. The lowest BCUT2D eigenvalue weighted by molar-refractivity contribution is 0.429. The van der Waals surface area contributed by atoms with Crippen LogP contribution in [0.2, 0.25) is 0 Å². The van der Waals surface area contributed by atoms with Gasteiger partial charge in [0.1, 0.15) is 0 Å². The number of rotatable bonds is 6. The lowest BCUT2D eigenvalue weighted by Gasteiger charge is -2.21. The molecular formula is C13H25NS. The van der Waals surface area contributed by atoms with Gasteiger partial charge < -0.3 is 5.32 Å². The summed E-state index contributed by atoms with van der Waals surface area (Å²) in [6.45, 7) is 8.12. The van der Waals surface area contributed by atoms with Crippen LogP contribution in [0.3, 0.4) is 0 Å². The Bertz CT molecular complexity index is 189. The van der Waals surface area contributed by atoms with E-state index in [0.717, 1.165) is 17.9 Å². The van der Waals surface area contributed by atoms with E-state index in [-0.39, 0.29) is 0 Å². The fraction of sp³-hybridized carbons (Fsp3) is 1.00.